The average molecular weight is 640 g/mol. The van der Waals surface area contributed by atoms with Gasteiger partial charge in [0.15, 0.2) is 0 Å². The smallest absolute Gasteiger partial charge is 0.248 e. The molecule has 0 aliphatic heterocycles. The number of hydrogen-bond acceptors (Lipinski definition) is 5. The monoisotopic (exact) mass is 639 g/mol. The fourth-order valence-electron chi connectivity index (χ4n) is 5.39. The van der Waals surface area contributed by atoms with Crippen LogP contribution in [0.25, 0.3) is 11.1 Å². The number of rotatable bonds is 14. The minimum Gasteiger partial charge on any atom is -0.387 e. The molecular formula is C35H47F2N5O4. The molecule has 250 valence electrons. The lowest BCUT2D eigenvalue weighted by Crippen LogP contribution is -2.52. The third kappa shape index (κ3) is 9.46. The van der Waals surface area contributed by atoms with Crippen molar-refractivity contribution >= 4 is 17.7 Å². The molecule has 3 amide bonds. The molecule has 0 bridgehead atoms. The third-order valence-corrected chi connectivity index (χ3v) is 7.88. The first-order valence-corrected chi connectivity index (χ1v) is 15.6. The minimum atomic E-state index is -0.808. The normalized spacial score (nSPS) is 13.6. The minimum absolute atomic E-state index is 0.0844. The predicted molar refractivity (Wildman–Crippen MR) is 174 cm³/mol. The first kappa shape index (κ1) is 36.4. The Hall–Kier alpha value is -4.09. The van der Waals surface area contributed by atoms with E-state index in [2.05, 4.69) is 10.6 Å². The first-order chi connectivity index (χ1) is 21.6. The fourth-order valence-corrected chi connectivity index (χ4v) is 5.39. The van der Waals surface area contributed by atoms with E-state index in [1.54, 1.807) is 24.1 Å². The van der Waals surface area contributed by atoms with Crippen LogP contribution in [0.2, 0.25) is 0 Å². The van der Waals surface area contributed by atoms with Gasteiger partial charge in [-0.25, -0.2) is 8.78 Å². The Morgan fingerprint density at radius 1 is 1.00 bits per heavy atom. The van der Waals surface area contributed by atoms with Crippen molar-refractivity contribution in [1.82, 2.24) is 20.1 Å². The van der Waals surface area contributed by atoms with Crippen LogP contribution in [0.15, 0.2) is 60.8 Å². The van der Waals surface area contributed by atoms with E-state index in [9.17, 15) is 28.3 Å². The van der Waals surface area contributed by atoms with Crippen LogP contribution < -0.4 is 16.4 Å². The number of carbonyl (C=O) groups excluding carboxylic acids is 3. The van der Waals surface area contributed by atoms with E-state index < -0.39 is 59.5 Å². The van der Waals surface area contributed by atoms with Gasteiger partial charge in [-0.05, 0) is 54.5 Å². The molecule has 3 rings (SSSR count). The Labute approximate surface area is 270 Å². The molecular weight excluding hydrogens is 592 g/mol. The molecule has 0 spiro atoms. The maximum absolute atomic E-state index is 14.9. The second kappa shape index (κ2) is 16.0. The van der Waals surface area contributed by atoms with Crippen molar-refractivity contribution < 1.29 is 28.3 Å². The van der Waals surface area contributed by atoms with Gasteiger partial charge in [0.1, 0.15) is 24.3 Å². The van der Waals surface area contributed by atoms with Crippen LogP contribution >= 0.6 is 0 Å². The Kier molecular flexibility index (Phi) is 12.6. The van der Waals surface area contributed by atoms with Gasteiger partial charge in [-0.2, -0.15) is 0 Å². The lowest BCUT2D eigenvalue weighted by atomic mass is 9.83. The van der Waals surface area contributed by atoms with Gasteiger partial charge in [-0.3, -0.25) is 14.4 Å². The second-order valence-electron chi connectivity index (χ2n) is 13.0. The van der Waals surface area contributed by atoms with Crippen LogP contribution in [0.4, 0.5) is 8.78 Å². The molecule has 11 heteroatoms. The van der Waals surface area contributed by atoms with Crippen LogP contribution in [0, 0.1) is 23.0 Å². The number of carbonyl (C=O) groups is 3. The standard InChI is InChI=1S/C35H47F2N5O4/c1-22(2)31(38)34(46)40-23(3)33(45)39-15-10-16-42(30(44)21-43)32(35(4,5)6)29-17-25(27-18-26(36)13-14-28(27)37)20-41(29)19-24-11-8-7-9-12-24/h7-9,11-14,17-18,20,22-23,31-32,43H,10,15-16,19,21,38H2,1-6H3,(H,39,45)(H,40,46)/t23-,31-,32-/m0/s1. The number of nitrogens with zero attached hydrogens (tertiary/aromatic N) is 2. The van der Waals surface area contributed by atoms with Gasteiger partial charge >= 0.3 is 0 Å². The number of nitrogens with two attached hydrogens (primary N) is 1. The number of halogens is 2. The van der Waals surface area contributed by atoms with Crippen molar-refractivity contribution in [3.8, 4) is 11.1 Å². The third-order valence-electron chi connectivity index (χ3n) is 7.88. The van der Waals surface area contributed by atoms with Crippen LogP contribution in [0.1, 0.15) is 65.3 Å². The zero-order chi connectivity index (χ0) is 34.2. The van der Waals surface area contributed by atoms with E-state index in [0.717, 1.165) is 23.8 Å². The summed E-state index contributed by atoms with van der Waals surface area (Å²) in [6, 6.07) is 12.6. The van der Waals surface area contributed by atoms with Crippen molar-refractivity contribution in [3.63, 3.8) is 0 Å². The second-order valence-corrected chi connectivity index (χ2v) is 13.0. The summed E-state index contributed by atoms with van der Waals surface area (Å²) in [5, 5.41) is 15.4. The molecule has 1 aromatic heterocycles. The summed E-state index contributed by atoms with van der Waals surface area (Å²) >= 11 is 0. The van der Waals surface area contributed by atoms with Crippen molar-refractivity contribution in [2.75, 3.05) is 19.7 Å². The highest BCUT2D eigenvalue weighted by Crippen LogP contribution is 2.41. The SMILES string of the molecule is CC(C)[C@H](N)C(=O)N[C@@H](C)C(=O)NCCCN(C(=O)CO)[C@@H](c1cc(-c2cc(F)ccc2F)cn1Cc1ccccc1)C(C)(C)C. The summed E-state index contributed by atoms with van der Waals surface area (Å²) in [6.45, 7) is 11.1. The molecule has 0 saturated carbocycles. The summed E-state index contributed by atoms with van der Waals surface area (Å²) < 4.78 is 31.1. The number of hydrogen-bond donors (Lipinski definition) is 4. The summed E-state index contributed by atoms with van der Waals surface area (Å²) in [5.41, 5.74) is 7.51. The summed E-state index contributed by atoms with van der Waals surface area (Å²) in [6.07, 6.45) is 2.10. The maximum Gasteiger partial charge on any atom is 0.248 e. The average Bonchev–Trinajstić information content (AvgIpc) is 3.40. The van der Waals surface area contributed by atoms with Gasteiger partial charge in [0.05, 0.1) is 12.1 Å². The summed E-state index contributed by atoms with van der Waals surface area (Å²) in [5.74, 6) is -2.55. The molecule has 46 heavy (non-hydrogen) atoms. The molecule has 0 unspecified atom stereocenters. The summed E-state index contributed by atoms with van der Waals surface area (Å²) in [4.78, 5) is 39.8. The predicted octanol–water partition coefficient (Wildman–Crippen LogP) is 4.38. The highest BCUT2D eigenvalue weighted by molar-refractivity contribution is 5.89. The number of benzene rings is 2. The van der Waals surface area contributed by atoms with Gasteiger partial charge in [0, 0.05) is 42.7 Å². The van der Waals surface area contributed by atoms with Crippen molar-refractivity contribution in [2.45, 2.75) is 72.6 Å². The number of amides is 3. The Morgan fingerprint density at radius 2 is 1.67 bits per heavy atom. The molecule has 0 aliphatic rings. The van der Waals surface area contributed by atoms with Gasteiger partial charge in [-0.1, -0.05) is 65.0 Å². The van der Waals surface area contributed by atoms with E-state index >= 15 is 0 Å². The zero-order valence-electron chi connectivity index (χ0n) is 27.5. The molecule has 0 radical (unpaired) electrons. The fraction of sp³-hybridized carbons (Fsp3) is 0.457. The zero-order valence-corrected chi connectivity index (χ0v) is 27.5. The van der Waals surface area contributed by atoms with Crippen molar-refractivity contribution in [1.29, 1.82) is 0 Å². The molecule has 5 N–H and O–H groups in total. The number of nitrogens with one attached hydrogen (secondary N) is 2. The molecule has 9 nitrogen and oxygen atoms in total. The van der Waals surface area contributed by atoms with Gasteiger partial charge < -0.3 is 30.9 Å². The largest absolute Gasteiger partial charge is 0.387 e. The molecule has 0 saturated heterocycles. The topological polar surface area (TPSA) is 130 Å². The van der Waals surface area contributed by atoms with Crippen LogP contribution in [0.5, 0.6) is 0 Å². The molecule has 3 atom stereocenters. The van der Waals surface area contributed by atoms with Gasteiger partial charge in [-0.15, -0.1) is 0 Å². The molecule has 1 heterocycles. The van der Waals surface area contributed by atoms with E-state index in [4.69, 9.17) is 5.73 Å². The van der Waals surface area contributed by atoms with Crippen molar-refractivity contribution in [3.05, 3.63) is 83.7 Å². The number of aromatic nitrogens is 1. The molecule has 2 aromatic carbocycles. The van der Waals surface area contributed by atoms with Crippen LogP contribution in [-0.4, -0.2) is 64.1 Å². The van der Waals surface area contributed by atoms with Gasteiger partial charge in [0.2, 0.25) is 17.7 Å². The molecule has 3 aromatic rings. The van der Waals surface area contributed by atoms with E-state index in [1.165, 1.54) is 0 Å². The van der Waals surface area contributed by atoms with Crippen LogP contribution in [0.3, 0.4) is 0 Å². The highest BCUT2D eigenvalue weighted by Gasteiger charge is 2.37. The van der Waals surface area contributed by atoms with E-state index in [1.807, 2.05) is 69.5 Å². The quantitative estimate of drug-likeness (QED) is 0.195. The highest BCUT2D eigenvalue weighted by atomic mass is 19.1. The molecule has 0 aliphatic carbocycles. The molecule has 0 fully saturated rings. The van der Waals surface area contributed by atoms with E-state index in [-0.39, 0.29) is 24.6 Å². The Bertz CT molecular complexity index is 1490. The Morgan fingerprint density at radius 3 is 2.28 bits per heavy atom. The number of aliphatic hydroxyl groups excluding tert-OH is 1. The Balaban J connectivity index is 1.90. The lowest BCUT2D eigenvalue weighted by molar-refractivity contribution is -0.139. The number of aliphatic hydroxyl groups is 1. The van der Waals surface area contributed by atoms with Crippen LogP contribution in [-0.2, 0) is 20.9 Å². The van der Waals surface area contributed by atoms with Crippen molar-refractivity contribution in [2.24, 2.45) is 17.1 Å². The summed E-state index contributed by atoms with van der Waals surface area (Å²) in [7, 11) is 0. The maximum atomic E-state index is 14.9. The first-order valence-electron chi connectivity index (χ1n) is 15.6. The lowest BCUT2D eigenvalue weighted by Gasteiger charge is -2.41. The van der Waals surface area contributed by atoms with Gasteiger partial charge in [0.25, 0.3) is 0 Å². The van der Waals surface area contributed by atoms with E-state index in [0.29, 0.717) is 24.2 Å².